The van der Waals surface area contributed by atoms with Crippen molar-refractivity contribution < 1.29 is 0 Å². The highest BCUT2D eigenvalue weighted by molar-refractivity contribution is 6.31. The number of aromatic nitrogens is 3. The lowest BCUT2D eigenvalue weighted by molar-refractivity contribution is 0.704. The Labute approximate surface area is 99.3 Å². The number of halogens is 1. The second kappa shape index (κ2) is 5.09. The number of nitrogens with one attached hydrogen (secondary N) is 1. The van der Waals surface area contributed by atoms with Crippen molar-refractivity contribution in [3.05, 3.63) is 41.3 Å². The quantitative estimate of drug-likeness (QED) is 0.884. The molecule has 0 amide bonds. The molecule has 0 saturated carbocycles. The summed E-state index contributed by atoms with van der Waals surface area (Å²) in [5.74, 6) is 0.780. The zero-order valence-electron chi connectivity index (χ0n) is 9.02. The molecule has 0 aliphatic rings. The Morgan fingerprint density at radius 1 is 1.44 bits per heavy atom. The first-order chi connectivity index (χ1) is 7.81. The Morgan fingerprint density at radius 3 is 3.00 bits per heavy atom. The van der Waals surface area contributed by atoms with E-state index >= 15 is 0 Å². The standard InChI is InChI=1S/C11H13ClN4/c1-2-13-8-10-9(12)4-5-11(15-10)16-7-3-6-14-16/h3-7,13H,2,8H2,1H3. The van der Waals surface area contributed by atoms with Crippen LogP contribution >= 0.6 is 11.6 Å². The van der Waals surface area contributed by atoms with Crippen LogP contribution in [-0.4, -0.2) is 21.3 Å². The maximum Gasteiger partial charge on any atom is 0.153 e. The van der Waals surface area contributed by atoms with Gasteiger partial charge in [-0.3, -0.25) is 0 Å². The van der Waals surface area contributed by atoms with Crippen molar-refractivity contribution in [3.63, 3.8) is 0 Å². The summed E-state index contributed by atoms with van der Waals surface area (Å²) in [5.41, 5.74) is 0.844. The van der Waals surface area contributed by atoms with E-state index < -0.39 is 0 Å². The molecule has 84 valence electrons. The van der Waals surface area contributed by atoms with Crippen LogP contribution in [0.25, 0.3) is 5.82 Å². The van der Waals surface area contributed by atoms with Gasteiger partial charge >= 0.3 is 0 Å². The molecule has 0 unspecified atom stereocenters. The third-order valence-electron chi connectivity index (χ3n) is 2.19. The van der Waals surface area contributed by atoms with Gasteiger partial charge in [-0.2, -0.15) is 5.10 Å². The highest BCUT2D eigenvalue weighted by Crippen LogP contribution is 2.15. The Kier molecular flexibility index (Phi) is 3.54. The van der Waals surface area contributed by atoms with E-state index in [1.54, 1.807) is 10.9 Å². The summed E-state index contributed by atoms with van der Waals surface area (Å²) in [7, 11) is 0. The van der Waals surface area contributed by atoms with Crippen LogP contribution in [0.15, 0.2) is 30.6 Å². The van der Waals surface area contributed by atoms with E-state index in [4.69, 9.17) is 11.6 Å². The summed E-state index contributed by atoms with van der Waals surface area (Å²) in [4.78, 5) is 4.46. The Bertz CT molecular complexity index is 453. The molecule has 0 atom stereocenters. The average molecular weight is 237 g/mol. The van der Waals surface area contributed by atoms with Crippen LogP contribution in [0.3, 0.4) is 0 Å². The Morgan fingerprint density at radius 2 is 2.31 bits per heavy atom. The van der Waals surface area contributed by atoms with Gasteiger partial charge in [-0.05, 0) is 24.7 Å². The molecular weight excluding hydrogens is 224 g/mol. The molecule has 0 aliphatic heterocycles. The average Bonchev–Trinajstić information content (AvgIpc) is 2.81. The SMILES string of the molecule is CCNCc1nc(-n2cccn2)ccc1Cl. The van der Waals surface area contributed by atoms with Crippen LogP contribution in [0.4, 0.5) is 0 Å². The van der Waals surface area contributed by atoms with Crippen molar-refractivity contribution in [2.24, 2.45) is 0 Å². The first-order valence-electron chi connectivity index (χ1n) is 5.17. The molecule has 5 heteroatoms. The summed E-state index contributed by atoms with van der Waals surface area (Å²) in [6.45, 7) is 3.61. The van der Waals surface area contributed by atoms with E-state index in [2.05, 4.69) is 15.4 Å². The summed E-state index contributed by atoms with van der Waals surface area (Å²) in [6.07, 6.45) is 3.58. The van der Waals surface area contributed by atoms with E-state index in [1.807, 2.05) is 31.3 Å². The molecule has 0 aromatic carbocycles. The lowest BCUT2D eigenvalue weighted by Gasteiger charge is -2.07. The van der Waals surface area contributed by atoms with Crippen molar-refractivity contribution in [2.75, 3.05) is 6.54 Å². The van der Waals surface area contributed by atoms with Gasteiger partial charge in [0, 0.05) is 18.9 Å². The van der Waals surface area contributed by atoms with Gasteiger partial charge in [0.1, 0.15) is 0 Å². The van der Waals surface area contributed by atoms with E-state index in [-0.39, 0.29) is 0 Å². The molecule has 0 fully saturated rings. The van der Waals surface area contributed by atoms with Crippen LogP contribution < -0.4 is 5.32 Å². The summed E-state index contributed by atoms with van der Waals surface area (Å²) >= 11 is 6.06. The Balaban J connectivity index is 2.28. The number of rotatable bonds is 4. The summed E-state index contributed by atoms with van der Waals surface area (Å²) in [6, 6.07) is 5.56. The van der Waals surface area contributed by atoms with E-state index in [1.165, 1.54) is 0 Å². The normalized spacial score (nSPS) is 10.6. The maximum atomic E-state index is 6.06. The highest BCUT2D eigenvalue weighted by atomic mass is 35.5. The number of nitrogens with zero attached hydrogens (tertiary/aromatic N) is 3. The molecule has 0 aliphatic carbocycles. The topological polar surface area (TPSA) is 42.7 Å². The first-order valence-corrected chi connectivity index (χ1v) is 5.55. The third kappa shape index (κ3) is 2.40. The van der Waals surface area contributed by atoms with E-state index in [9.17, 15) is 0 Å². The Hall–Kier alpha value is -1.39. The lowest BCUT2D eigenvalue weighted by atomic mass is 10.3. The van der Waals surface area contributed by atoms with Gasteiger partial charge in [-0.15, -0.1) is 0 Å². The van der Waals surface area contributed by atoms with E-state index in [0.717, 1.165) is 18.1 Å². The van der Waals surface area contributed by atoms with Gasteiger partial charge in [0.15, 0.2) is 5.82 Å². The van der Waals surface area contributed by atoms with Gasteiger partial charge in [0.2, 0.25) is 0 Å². The van der Waals surface area contributed by atoms with Crippen LogP contribution in [0, 0.1) is 0 Å². The lowest BCUT2D eigenvalue weighted by Crippen LogP contribution is -2.14. The molecule has 0 spiro atoms. The maximum absolute atomic E-state index is 6.06. The zero-order chi connectivity index (χ0) is 11.4. The molecule has 2 heterocycles. The second-order valence-electron chi connectivity index (χ2n) is 3.33. The van der Waals surface area contributed by atoms with Crippen LogP contribution in [0.2, 0.25) is 5.02 Å². The molecule has 0 bridgehead atoms. The summed E-state index contributed by atoms with van der Waals surface area (Å²) < 4.78 is 1.71. The van der Waals surface area contributed by atoms with Crippen molar-refractivity contribution in [3.8, 4) is 5.82 Å². The summed E-state index contributed by atoms with van der Waals surface area (Å²) in [5, 5.41) is 8.01. The molecule has 1 N–H and O–H groups in total. The molecule has 2 aromatic heterocycles. The smallest absolute Gasteiger partial charge is 0.153 e. The predicted molar refractivity (Wildman–Crippen MR) is 63.7 cm³/mol. The van der Waals surface area contributed by atoms with Gasteiger partial charge in [-0.25, -0.2) is 9.67 Å². The van der Waals surface area contributed by atoms with Crippen LogP contribution in [0.1, 0.15) is 12.6 Å². The van der Waals surface area contributed by atoms with E-state index in [0.29, 0.717) is 11.6 Å². The van der Waals surface area contributed by atoms with Gasteiger partial charge < -0.3 is 5.32 Å². The first kappa shape index (κ1) is 11.1. The van der Waals surface area contributed by atoms with Gasteiger partial charge in [0.25, 0.3) is 0 Å². The minimum atomic E-state index is 0.671. The molecule has 2 rings (SSSR count). The minimum Gasteiger partial charge on any atom is -0.311 e. The number of hydrogen-bond acceptors (Lipinski definition) is 3. The highest BCUT2D eigenvalue weighted by Gasteiger charge is 2.04. The van der Waals surface area contributed by atoms with Gasteiger partial charge in [-0.1, -0.05) is 18.5 Å². The monoisotopic (exact) mass is 236 g/mol. The molecule has 2 aromatic rings. The van der Waals surface area contributed by atoms with Crippen LogP contribution in [0.5, 0.6) is 0 Å². The fourth-order valence-corrected chi connectivity index (χ4v) is 1.54. The fourth-order valence-electron chi connectivity index (χ4n) is 1.37. The molecular formula is C11H13ClN4. The van der Waals surface area contributed by atoms with Crippen molar-refractivity contribution in [1.29, 1.82) is 0 Å². The second-order valence-corrected chi connectivity index (χ2v) is 3.74. The number of hydrogen-bond donors (Lipinski definition) is 1. The zero-order valence-corrected chi connectivity index (χ0v) is 9.78. The minimum absolute atomic E-state index is 0.671. The van der Waals surface area contributed by atoms with Crippen LogP contribution in [-0.2, 0) is 6.54 Å². The largest absolute Gasteiger partial charge is 0.311 e. The third-order valence-corrected chi connectivity index (χ3v) is 2.53. The fraction of sp³-hybridized carbons (Fsp3) is 0.273. The van der Waals surface area contributed by atoms with Crippen molar-refractivity contribution in [2.45, 2.75) is 13.5 Å². The molecule has 0 saturated heterocycles. The van der Waals surface area contributed by atoms with Crippen molar-refractivity contribution in [1.82, 2.24) is 20.1 Å². The predicted octanol–water partition coefficient (Wildman–Crippen LogP) is 2.03. The molecule has 4 nitrogen and oxygen atoms in total. The molecule has 0 radical (unpaired) electrons. The van der Waals surface area contributed by atoms with Crippen molar-refractivity contribution >= 4 is 11.6 Å². The number of pyridine rings is 1. The molecule has 16 heavy (non-hydrogen) atoms. The van der Waals surface area contributed by atoms with Gasteiger partial charge in [0.05, 0.1) is 10.7 Å².